The summed E-state index contributed by atoms with van der Waals surface area (Å²) in [5.74, 6) is -3.17. The first-order valence-electron chi connectivity index (χ1n) is 6.18. The second-order valence-electron chi connectivity index (χ2n) is 4.60. The predicted molar refractivity (Wildman–Crippen MR) is 66.5 cm³/mol. The maximum absolute atomic E-state index is 13.5. The van der Waals surface area contributed by atoms with E-state index in [1.807, 2.05) is 13.8 Å². The van der Waals surface area contributed by atoms with Gasteiger partial charge in [0.15, 0.2) is 0 Å². The second kappa shape index (κ2) is 6.04. The first kappa shape index (κ1) is 14.5. The summed E-state index contributed by atoms with van der Waals surface area (Å²) in [6.45, 7) is 4.58. The van der Waals surface area contributed by atoms with Gasteiger partial charge in [-0.1, -0.05) is 13.8 Å². The number of benzene rings is 1. The lowest BCUT2D eigenvalue weighted by atomic mass is 10.2. The minimum absolute atomic E-state index is 0.260. The lowest BCUT2D eigenvalue weighted by molar-refractivity contribution is 0.476. The summed E-state index contributed by atoms with van der Waals surface area (Å²) < 4.78 is 45.1. The van der Waals surface area contributed by atoms with Crippen LogP contribution >= 0.6 is 0 Å². The molecular weight excluding hydrogens is 271 g/mol. The Hall–Kier alpha value is -1.89. The average molecular weight is 285 g/mol. The van der Waals surface area contributed by atoms with Crippen LogP contribution in [0.2, 0.25) is 0 Å². The monoisotopic (exact) mass is 285 g/mol. The number of aromatic nitrogens is 2. The Balaban J connectivity index is 2.17. The van der Waals surface area contributed by atoms with Crippen LogP contribution in [-0.2, 0) is 6.42 Å². The average Bonchev–Trinajstić information content (AvgIpc) is 2.75. The van der Waals surface area contributed by atoms with Gasteiger partial charge in [0.05, 0.1) is 0 Å². The lowest BCUT2D eigenvalue weighted by Crippen LogP contribution is -2.25. The van der Waals surface area contributed by atoms with Gasteiger partial charge in [-0.25, -0.2) is 13.2 Å². The highest BCUT2D eigenvalue weighted by Gasteiger charge is 2.19. The number of nitrogens with zero attached hydrogens (tertiary/aromatic N) is 2. The normalized spacial score (nSPS) is 11.3. The molecular formula is C13H14F3N3O. The van der Waals surface area contributed by atoms with Crippen molar-refractivity contribution in [1.82, 2.24) is 15.5 Å². The Bertz CT molecular complexity index is 575. The van der Waals surface area contributed by atoms with E-state index in [-0.39, 0.29) is 11.8 Å². The van der Waals surface area contributed by atoms with Crippen LogP contribution in [0.5, 0.6) is 0 Å². The highest BCUT2D eigenvalue weighted by atomic mass is 19.1. The van der Waals surface area contributed by atoms with Crippen molar-refractivity contribution < 1.29 is 17.6 Å². The van der Waals surface area contributed by atoms with E-state index in [1.54, 1.807) is 0 Å². The highest BCUT2D eigenvalue weighted by Crippen LogP contribution is 2.25. The molecule has 7 heteroatoms. The van der Waals surface area contributed by atoms with Crippen molar-refractivity contribution in [2.45, 2.75) is 26.3 Å². The molecule has 1 aromatic heterocycles. The van der Waals surface area contributed by atoms with Crippen LogP contribution < -0.4 is 5.32 Å². The summed E-state index contributed by atoms with van der Waals surface area (Å²) in [5.41, 5.74) is -0.512. The smallest absolute Gasteiger partial charge is 0.253 e. The molecule has 1 N–H and O–H groups in total. The van der Waals surface area contributed by atoms with Gasteiger partial charge in [0, 0.05) is 31.1 Å². The number of hydrogen-bond donors (Lipinski definition) is 1. The molecule has 0 aliphatic heterocycles. The summed E-state index contributed by atoms with van der Waals surface area (Å²) in [6.07, 6.45) is 0.440. The van der Waals surface area contributed by atoms with Crippen molar-refractivity contribution in [3.8, 4) is 11.5 Å². The number of hydrogen-bond acceptors (Lipinski definition) is 4. The SMILES string of the molecule is CC(C)NCCc1nnc(-c2c(F)cc(F)cc2F)o1. The van der Waals surface area contributed by atoms with Gasteiger partial charge < -0.3 is 9.73 Å². The fourth-order valence-corrected chi connectivity index (χ4v) is 1.67. The molecule has 20 heavy (non-hydrogen) atoms. The second-order valence-corrected chi connectivity index (χ2v) is 4.60. The Morgan fingerprint density at radius 2 is 1.80 bits per heavy atom. The van der Waals surface area contributed by atoms with Crippen LogP contribution in [0.25, 0.3) is 11.5 Å². The summed E-state index contributed by atoms with van der Waals surface area (Å²) in [5, 5.41) is 10.4. The van der Waals surface area contributed by atoms with Gasteiger partial charge >= 0.3 is 0 Å². The Morgan fingerprint density at radius 1 is 1.15 bits per heavy atom. The van der Waals surface area contributed by atoms with Crippen molar-refractivity contribution in [3.63, 3.8) is 0 Å². The molecule has 0 saturated carbocycles. The molecule has 0 unspecified atom stereocenters. The van der Waals surface area contributed by atoms with Crippen LogP contribution in [0.15, 0.2) is 16.5 Å². The largest absolute Gasteiger partial charge is 0.420 e. The van der Waals surface area contributed by atoms with E-state index in [1.165, 1.54) is 0 Å². The van der Waals surface area contributed by atoms with Gasteiger partial charge in [-0.2, -0.15) is 0 Å². The molecule has 0 amide bonds. The van der Waals surface area contributed by atoms with E-state index in [2.05, 4.69) is 15.5 Å². The van der Waals surface area contributed by atoms with Crippen molar-refractivity contribution in [2.75, 3.05) is 6.54 Å². The molecule has 0 fully saturated rings. The Morgan fingerprint density at radius 3 is 2.40 bits per heavy atom. The molecule has 108 valence electrons. The van der Waals surface area contributed by atoms with Crippen molar-refractivity contribution in [1.29, 1.82) is 0 Å². The molecule has 2 rings (SSSR count). The van der Waals surface area contributed by atoms with Crippen LogP contribution in [0, 0.1) is 17.5 Å². The molecule has 0 saturated heterocycles. The highest BCUT2D eigenvalue weighted by molar-refractivity contribution is 5.54. The third-order valence-electron chi connectivity index (χ3n) is 2.58. The Labute approximate surface area is 114 Å². The van der Waals surface area contributed by atoms with E-state index in [9.17, 15) is 13.2 Å². The Kier molecular flexibility index (Phi) is 4.39. The zero-order chi connectivity index (χ0) is 14.7. The van der Waals surface area contributed by atoms with Crippen LogP contribution in [0.3, 0.4) is 0 Å². The first-order chi connectivity index (χ1) is 9.47. The molecule has 0 aliphatic carbocycles. The minimum Gasteiger partial charge on any atom is -0.420 e. The quantitative estimate of drug-likeness (QED) is 0.917. The predicted octanol–water partition coefficient (Wildman–Crippen LogP) is 2.69. The topological polar surface area (TPSA) is 51.0 Å². The molecule has 0 spiro atoms. The van der Waals surface area contributed by atoms with Crippen molar-refractivity contribution in [3.05, 3.63) is 35.5 Å². The molecule has 2 aromatic rings. The van der Waals surface area contributed by atoms with Crippen LogP contribution in [0.4, 0.5) is 13.2 Å². The number of halogens is 3. The molecule has 4 nitrogen and oxygen atoms in total. The third kappa shape index (κ3) is 3.36. The zero-order valence-electron chi connectivity index (χ0n) is 11.1. The lowest BCUT2D eigenvalue weighted by Gasteiger charge is -2.04. The van der Waals surface area contributed by atoms with E-state index >= 15 is 0 Å². The van der Waals surface area contributed by atoms with Crippen molar-refractivity contribution >= 4 is 0 Å². The third-order valence-corrected chi connectivity index (χ3v) is 2.58. The number of nitrogens with one attached hydrogen (secondary N) is 1. The van der Waals surface area contributed by atoms with Gasteiger partial charge in [-0.3, -0.25) is 0 Å². The van der Waals surface area contributed by atoms with Gasteiger partial charge in [-0.15, -0.1) is 10.2 Å². The molecule has 1 aromatic carbocycles. The van der Waals surface area contributed by atoms with E-state index in [0.29, 0.717) is 31.1 Å². The molecule has 1 heterocycles. The fraction of sp³-hybridized carbons (Fsp3) is 0.385. The molecule has 0 atom stereocenters. The summed E-state index contributed by atoms with van der Waals surface area (Å²) in [4.78, 5) is 0. The van der Waals surface area contributed by atoms with Gasteiger partial charge in [0.25, 0.3) is 5.89 Å². The van der Waals surface area contributed by atoms with Gasteiger partial charge in [0.2, 0.25) is 5.89 Å². The van der Waals surface area contributed by atoms with Gasteiger partial charge in [-0.05, 0) is 0 Å². The standard InChI is InChI=1S/C13H14F3N3O/c1-7(2)17-4-3-11-18-19-13(20-11)12-9(15)5-8(14)6-10(12)16/h5-7,17H,3-4H2,1-2H3. The van der Waals surface area contributed by atoms with Gasteiger partial charge in [0.1, 0.15) is 23.0 Å². The fourth-order valence-electron chi connectivity index (χ4n) is 1.67. The van der Waals surface area contributed by atoms with E-state index < -0.39 is 23.0 Å². The first-order valence-corrected chi connectivity index (χ1v) is 6.18. The summed E-state index contributed by atoms with van der Waals surface area (Å²) in [7, 11) is 0. The summed E-state index contributed by atoms with van der Waals surface area (Å²) >= 11 is 0. The van der Waals surface area contributed by atoms with Crippen molar-refractivity contribution in [2.24, 2.45) is 0 Å². The zero-order valence-corrected chi connectivity index (χ0v) is 11.1. The molecule has 0 radical (unpaired) electrons. The van der Waals surface area contributed by atoms with E-state index in [4.69, 9.17) is 4.42 Å². The molecule has 0 aliphatic rings. The maximum Gasteiger partial charge on any atom is 0.253 e. The van der Waals surface area contributed by atoms with Crippen LogP contribution in [0.1, 0.15) is 19.7 Å². The van der Waals surface area contributed by atoms with E-state index in [0.717, 1.165) is 0 Å². The summed E-state index contributed by atoms with van der Waals surface area (Å²) in [6, 6.07) is 1.45. The minimum atomic E-state index is -1.07. The maximum atomic E-state index is 13.5. The van der Waals surface area contributed by atoms with Crippen LogP contribution in [-0.4, -0.2) is 22.8 Å². The molecule has 0 bridgehead atoms. The number of rotatable bonds is 5.